The van der Waals surface area contributed by atoms with Gasteiger partial charge >= 0.3 is 12.6 Å². The molecule has 0 aromatic heterocycles. The van der Waals surface area contributed by atoms with Crippen molar-refractivity contribution in [2.24, 2.45) is 10.2 Å². The maximum Gasteiger partial charge on any atom is 0.586 e. The molecule has 2 heterocycles. The van der Waals surface area contributed by atoms with Gasteiger partial charge in [-0.05, 0) is 24.3 Å². The fourth-order valence-electron chi connectivity index (χ4n) is 2.37. The van der Waals surface area contributed by atoms with E-state index in [1.807, 2.05) is 0 Å². The van der Waals surface area contributed by atoms with E-state index in [4.69, 9.17) is 0 Å². The Morgan fingerprint density at radius 3 is 1.50 bits per heavy atom. The van der Waals surface area contributed by atoms with Gasteiger partial charge in [-0.1, -0.05) is 12.1 Å². The second kappa shape index (κ2) is 5.61. The topological polar surface area (TPSA) is 61.6 Å². The summed E-state index contributed by atoms with van der Waals surface area (Å²) in [5.41, 5.74) is 0.419. The minimum Gasteiger partial charge on any atom is -0.395 e. The van der Waals surface area contributed by atoms with E-state index in [9.17, 15) is 17.6 Å². The lowest BCUT2D eigenvalue weighted by Gasteiger charge is -2.05. The van der Waals surface area contributed by atoms with E-state index in [1.54, 1.807) is 0 Å². The number of ether oxygens (including phenoxy) is 4. The van der Waals surface area contributed by atoms with Crippen LogP contribution in [0.25, 0.3) is 0 Å². The maximum atomic E-state index is 13.1. The molecule has 0 fully saturated rings. The van der Waals surface area contributed by atoms with Crippen LogP contribution in [0.2, 0.25) is 0 Å². The van der Waals surface area contributed by atoms with Crippen LogP contribution in [0.1, 0.15) is 11.1 Å². The summed E-state index contributed by atoms with van der Waals surface area (Å²) >= 11 is 0. The van der Waals surface area contributed by atoms with Crippen LogP contribution in [0.15, 0.2) is 46.6 Å². The van der Waals surface area contributed by atoms with Gasteiger partial charge in [0, 0.05) is 11.1 Å². The highest BCUT2D eigenvalue weighted by molar-refractivity contribution is 5.88. The van der Waals surface area contributed by atoms with E-state index in [0.717, 1.165) is 12.4 Å². The van der Waals surface area contributed by atoms with Crippen molar-refractivity contribution < 1.29 is 36.5 Å². The van der Waals surface area contributed by atoms with Crippen molar-refractivity contribution in [3.63, 3.8) is 0 Å². The van der Waals surface area contributed by atoms with Crippen molar-refractivity contribution in [1.82, 2.24) is 0 Å². The fourth-order valence-corrected chi connectivity index (χ4v) is 2.37. The molecule has 0 radical (unpaired) electrons. The van der Waals surface area contributed by atoms with Crippen LogP contribution < -0.4 is 18.9 Å². The largest absolute Gasteiger partial charge is 0.586 e. The minimum absolute atomic E-state index is 0.128. The molecule has 2 aromatic rings. The molecule has 0 unspecified atom stereocenters. The van der Waals surface area contributed by atoms with Crippen molar-refractivity contribution in [2.75, 3.05) is 0 Å². The second-order valence-corrected chi connectivity index (χ2v) is 5.17. The molecular weight excluding hydrogens is 360 g/mol. The normalized spacial score (nSPS) is 18.8. The van der Waals surface area contributed by atoms with Crippen LogP contribution in [-0.2, 0) is 0 Å². The molecule has 0 saturated heterocycles. The number of halogens is 4. The van der Waals surface area contributed by atoms with Gasteiger partial charge in [-0.3, -0.25) is 0 Å². The summed E-state index contributed by atoms with van der Waals surface area (Å²) < 4.78 is 69.9. The number of para-hydroxylation sites is 2. The van der Waals surface area contributed by atoms with Crippen LogP contribution in [-0.4, -0.2) is 25.0 Å². The molecular formula is C16H8F4N2O4. The summed E-state index contributed by atoms with van der Waals surface area (Å²) in [6.07, 6.45) is -5.17. The van der Waals surface area contributed by atoms with Gasteiger partial charge in [-0.2, -0.15) is 10.2 Å². The summed E-state index contributed by atoms with van der Waals surface area (Å²) in [6.45, 7) is 0. The van der Waals surface area contributed by atoms with Crippen LogP contribution in [0.4, 0.5) is 17.6 Å². The van der Waals surface area contributed by atoms with E-state index >= 15 is 0 Å². The van der Waals surface area contributed by atoms with Crippen molar-refractivity contribution in [3.05, 3.63) is 47.5 Å². The third kappa shape index (κ3) is 3.01. The highest BCUT2D eigenvalue weighted by Crippen LogP contribution is 2.43. The molecule has 2 aromatic carbocycles. The van der Waals surface area contributed by atoms with Gasteiger partial charge < -0.3 is 18.9 Å². The van der Waals surface area contributed by atoms with E-state index in [2.05, 4.69) is 29.2 Å². The Bertz CT molecular complexity index is 855. The summed E-state index contributed by atoms with van der Waals surface area (Å²) in [5.74, 6) is -0.602. The third-order valence-electron chi connectivity index (χ3n) is 3.38. The molecule has 0 spiro atoms. The Morgan fingerprint density at radius 1 is 0.654 bits per heavy atom. The Hall–Kier alpha value is -3.30. The first-order chi connectivity index (χ1) is 12.3. The first-order valence-electron chi connectivity index (χ1n) is 7.17. The van der Waals surface area contributed by atoms with Gasteiger partial charge in [0.25, 0.3) is 0 Å². The smallest absolute Gasteiger partial charge is 0.395 e. The van der Waals surface area contributed by atoms with Crippen molar-refractivity contribution in [1.29, 1.82) is 0 Å². The Balaban J connectivity index is 1.54. The van der Waals surface area contributed by atoms with Crippen LogP contribution in [0.3, 0.4) is 0 Å². The Morgan fingerprint density at radius 2 is 1.08 bits per heavy atom. The molecule has 4 rings (SSSR count). The molecule has 2 aliphatic rings. The molecule has 0 aliphatic carbocycles. The van der Waals surface area contributed by atoms with E-state index in [1.165, 1.54) is 36.4 Å². The zero-order valence-corrected chi connectivity index (χ0v) is 12.7. The standard InChI is InChI=1S/C16H8F4N2O4/c17-15(18)23-11-5-1-3-9(13(11)25-15)7-21-22-8-10-4-2-6-12-14(10)26-16(19,20)24-12/h1-8H/b21-7+,22-8+. The summed E-state index contributed by atoms with van der Waals surface area (Å²) in [6, 6.07) is 8.54. The highest BCUT2D eigenvalue weighted by Gasteiger charge is 2.45. The van der Waals surface area contributed by atoms with E-state index < -0.39 is 12.6 Å². The van der Waals surface area contributed by atoms with E-state index in [-0.39, 0.29) is 34.1 Å². The van der Waals surface area contributed by atoms with Gasteiger partial charge in [0.05, 0.1) is 12.4 Å². The molecule has 0 saturated carbocycles. The van der Waals surface area contributed by atoms with Gasteiger partial charge in [0.2, 0.25) is 0 Å². The average molecular weight is 368 g/mol. The van der Waals surface area contributed by atoms with Crippen molar-refractivity contribution in [2.45, 2.75) is 12.6 Å². The lowest BCUT2D eigenvalue weighted by atomic mass is 10.2. The number of hydrogen-bond acceptors (Lipinski definition) is 6. The molecule has 6 nitrogen and oxygen atoms in total. The Labute approximate surface area is 143 Å². The highest BCUT2D eigenvalue weighted by atomic mass is 19.3. The zero-order chi connectivity index (χ0) is 18.4. The zero-order valence-electron chi connectivity index (χ0n) is 12.7. The second-order valence-electron chi connectivity index (χ2n) is 5.17. The minimum atomic E-state index is -3.75. The van der Waals surface area contributed by atoms with Gasteiger partial charge in [-0.25, -0.2) is 0 Å². The molecule has 134 valence electrons. The number of rotatable bonds is 3. The molecule has 0 bridgehead atoms. The lowest BCUT2D eigenvalue weighted by Crippen LogP contribution is -2.26. The molecule has 0 amide bonds. The molecule has 10 heteroatoms. The van der Waals surface area contributed by atoms with Gasteiger partial charge in [0.15, 0.2) is 23.0 Å². The Kier molecular flexibility index (Phi) is 3.49. The SMILES string of the molecule is FC1(F)Oc2cccc(/C=N/N=C/c3cccc4c3OC(F)(F)O4)c2O1. The quantitative estimate of drug-likeness (QED) is 0.470. The third-order valence-corrected chi connectivity index (χ3v) is 3.38. The maximum absolute atomic E-state index is 13.1. The predicted molar refractivity (Wildman–Crippen MR) is 80.5 cm³/mol. The molecule has 2 aliphatic heterocycles. The number of nitrogens with zero attached hydrogens (tertiary/aromatic N) is 2. The number of fused-ring (bicyclic) bond motifs is 2. The average Bonchev–Trinajstić information content (AvgIpc) is 3.05. The molecule has 26 heavy (non-hydrogen) atoms. The van der Waals surface area contributed by atoms with Crippen molar-refractivity contribution in [3.8, 4) is 23.0 Å². The summed E-state index contributed by atoms with van der Waals surface area (Å²) in [7, 11) is 0. The number of benzene rings is 2. The number of alkyl halides is 4. The predicted octanol–water partition coefficient (Wildman–Crippen LogP) is 3.78. The first-order valence-corrected chi connectivity index (χ1v) is 7.17. The number of hydrogen-bond donors (Lipinski definition) is 0. The van der Waals surface area contributed by atoms with Crippen LogP contribution in [0.5, 0.6) is 23.0 Å². The first kappa shape index (κ1) is 16.2. The fraction of sp³-hybridized carbons (Fsp3) is 0.125. The lowest BCUT2D eigenvalue weighted by molar-refractivity contribution is -0.287. The van der Waals surface area contributed by atoms with E-state index in [0.29, 0.717) is 0 Å². The summed E-state index contributed by atoms with van der Waals surface area (Å²) in [4.78, 5) is 0. The van der Waals surface area contributed by atoms with Gasteiger partial charge in [0.1, 0.15) is 0 Å². The molecule has 0 N–H and O–H groups in total. The van der Waals surface area contributed by atoms with Crippen molar-refractivity contribution >= 4 is 12.4 Å². The summed E-state index contributed by atoms with van der Waals surface area (Å²) in [5, 5.41) is 7.41. The molecule has 0 atom stereocenters. The van der Waals surface area contributed by atoms with Gasteiger partial charge in [-0.15, -0.1) is 17.6 Å². The van der Waals surface area contributed by atoms with Crippen LogP contribution >= 0.6 is 0 Å². The monoisotopic (exact) mass is 368 g/mol. The van der Waals surface area contributed by atoms with Crippen LogP contribution in [0, 0.1) is 0 Å².